The summed E-state index contributed by atoms with van der Waals surface area (Å²) in [6.45, 7) is 0. The number of fused-ring (bicyclic) bond motifs is 1. The number of nitrogens with zero attached hydrogens (tertiary/aromatic N) is 6. The number of aromatic nitrogens is 5. The second-order valence-electron chi connectivity index (χ2n) is 6.89. The van der Waals surface area contributed by atoms with Gasteiger partial charge >= 0.3 is 0 Å². The highest BCUT2D eigenvalue weighted by atomic mass is 35.5. The van der Waals surface area contributed by atoms with Gasteiger partial charge in [0.2, 0.25) is 0 Å². The van der Waals surface area contributed by atoms with Crippen molar-refractivity contribution in [1.82, 2.24) is 24.7 Å². The summed E-state index contributed by atoms with van der Waals surface area (Å²) in [6.07, 6.45) is 7.87. The summed E-state index contributed by atoms with van der Waals surface area (Å²) in [7, 11) is 1.95. The lowest BCUT2D eigenvalue weighted by atomic mass is 9.98. The average molecular weight is 403 g/mol. The van der Waals surface area contributed by atoms with Crippen LogP contribution in [0.15, 0.2) is 49.1 Å². The van der Waals surface area contributed by atoms with Gasteiger partial charge in [-0.2, -0.15) is 15.5 Å². The van der Waals surface area contributed by atoms with E-state index in [0.717, 1.165) is 52.0 Å². The lowest BCUT2D eigenvalue weighted by Crippen LogP contribution is -2.00. The van der Waals surface area contributed by atoms with Gasteiger partial charge in [0, 0.05) is 30.1 Å². The molecule has 0 aliphatic carbocycles. The number of hydrogen-bond donors (Lipinski definition) is 0. The molecule has 144 valence electrons. The SMILES string of the molecule is Cn1cncc1-c1cc(CCc2cccnn2)c2cc(CCC#N)c(Cl)cc2n1. The van der Waals surface area contributed by atoms with Gasteiger partial charge in [0.25, 0.3) is 0 Å². The highest BCUT2D eigenvalue weighted by molar-refractivity contribution is 6.32. The summed E-state index contributed by atoms with van der Waals surface area (Å²) >= 11 is 6.49. The molecule has 29 heavy (non-hydrogen) atoms. The monoisotopic (exact) mass is 402 g/mol. The largest absolute Gasteiger partial charge is 0.332 e. The maximum atomic E-state index is 8.94. The van der Waals surface area contributed by atoms with E-state index < -0.39 is 0 Å². The Kier molecular flexibility index (Phi) is 5.50. The molecule has 0 saturated carbocycles. The van der Waals surface area contributed by atoms with Crippen LogP contribution in [-0.2, 0) is 26.3 Å². The Labute approximate surface area is 173 Å². The fourth-order valence-corrected chi connectivity index (χ4v) is 3.67. The molecule has 0 radical (unpaired) electrons. The standard InChI is InChI=1S/C22H19ClN6/c1-29-14-25-13-22(29)21-11-15(6-7-17-5-3-9-26-28-17)18-10-16(4-2-8-24)19(23)12-20(18)27-21/h3,5,9-14H,2,4,6-7H2,1H3. The molecule has 0 aliphatic heterocycles. The molecule has 0 saturated heterocycles. The maximum absolute atomic E-state index is 8.94. The zero-order valence-electron chi connectivity index (χ0n) is 16.0. The summed E-state index contributed by atoms with van der Waals surface area (Å²) in [5.74, 6) is 0. The minimum absolute atomic E-state index is 0.431. The third-order valence-electron chi connectivity index (χ3n) is 4.93. The van der Waals surface area contributed by atoms with Crippen molar-refractivity contribution in [1.29, 1.82) is 5.26 Å². The van der Waals surface area contributed by atoms with E-state index in [1.807, 2.05) is 36.0 Å². The molecule has 0 atom stereocenters. The molecular weight excluding hydrogens is 384 g/mol. The number of hydrogen-bond acceptors (Lipinski definition) is 5. The van der Waals surface area contributed by atoms with E-state index >= 15 is 0 Å². The fraction of sp³-hybridized carbons (Fsp3) is 0.227. The van der Waals surface area contributed by atoms with E-state index in [0.29, 0.717) is 17.9 Å². The number of halogens is 1. The molecule has 0 N–H and O–H groups in total. The summed E-state index contributed by atoms with van der Waals surface area (Å²) in [4.78, 5) is 9.05. The zero-order chi connectivity index (χ0) is 20.2. The number of aryl methyl sites for hydroxylation is 4. The third kappa shape index (κ3) is 4.10. The first-order valence-electron chi connectivity index (χ1n) is 9.38. The van der Waals surface area contributed by atoms with E-state index in [1.54, 1.807) is 12.5 Å². The van der Waals surface area contributed by atoms with Crippen LogP contribution in [0.1, 0.15) is 23.2 Å². The van der Waals surface area contributed by atoms with Crippen molar-refractivity contribution in [3.8, 4) is 17.5 Å². The molecule has 4 rings (SSSR count). The van der Waals surface area contributed by atoms with Crippen LogP contribution in [0.5, 0.6) is 0 Å². The van der Waals surface area contributed by atoms with Crippen molar-refractivity contribution in [2.24, 2.45) is 7.05 Å². The first-order valence-corrected chi connectivity index (χ1v) is 9.76. The van der Waals surface area contributed by atoms with Gasteiger partial charge in [0.1, 0.15) is 0 Å². The van der Waals surface area contributed by atoms with Crippen LogP contribution in [0.25, 0.3) is 22.3 Å². The van der Waals surface area contributed by atoms with Crippen LogP contribution in [0, 0.1) is 11.3 Å². The van der Waals surface area contributed by atoms with Crippen LogP contribution in [0.3, 0.4) is 0 Å². The zero-order valence-corrected chi connectivity index (χ0v) is 16.8. The number of benzene rings is 1. The van der Waals surface area contributed by atoms with Crippen LogP contribution in [0.2, 0.25) is 5.02 Å². The molecule has 0 bridgehead atoms. The molecular formula is C22H19ClN6. The summed E-state index contributed by atoms with van der Waals surface area (Å²) < 4.78 is 1.95. The van der Waals surface area contributed by atoms with Gasteiger partial charge in [-0.25, -0.2) is 9.97 Å². The number of rotatable bonds is 6. The molecule has 0 unspecified atom stereocenters. The Balaban J connectivity index is 1.81. The van der Waals surface area contributed by atoms with Gasteiger partial charge in [-0.1, -0.05) is 11.6 Å². The van der Waals surface area contributed by atoms with Gasteiger partial charge in [0.15, 0.2) is 0 Å². The van der Waals surface area contributed by atoms with Crippen molar-refractivity contribution in [2.75, 3.05) is 0 Å². The second-order valence-corrected chi connectivity index (χ2v) is 7.30. The quantitative estimate of drug-likeness (QED) is 0.479. The van der Waals surface area contributed by atoms with E-state index in [-0.39, 0.29) is 0 Å². The molecule has 6 nitrogen and oxygen atoms in total. The maximum Gasteiger partial charge on any atom is 0.0948 e. The molecule has 3 aromatic heterocycles. The Morgan fingerprint density at radius 2 is 2.03 bits per heavy atom. The molecule has 7 heteroatoms. The number of imidazole rings is 1. The van der Waals surface area contributed by atoms with Crippen molar-refractivity contribution in [2.45, 2.75) is 25.7 Å². The van der Waals surface area contributed by atoms with Crippen LogP contribution >= 0.6 is 11.6 Å². The van der Waals surface area contributed by atoms with Gasteiger partial charge in [-0.15, -0.1) is 0 Å². The van der Waals surface area contributed by atoms with Crippen molar-refractivity contribution in [3.63, 3.8) is 0 Å². The van der Waals surface area contributed by atoms with Crippen molar-refractivity contribution < 1.29 is 0 Å². The van der Waals surface area contributed by atoms with Gasteiger partial charge in [-0.3, -0.25) is 0 Å². The first kappa shape index (κ1) is 19.0. The van der Waals surface area contributed by atoms with Crippen LogP contribution < -0.4 is 0 Å². The van der Waals surface area contributed by atoms with E-state index in [1.165, 1.54) is 0 Å². The first-order chi connectivity index (χ1) is 14.2. The third-order valence-corrected chi connectivity index (χ3v) is 5.28. The molecule has 3 heterocycles. The second kappa shape index (κ2) is 8.38. The molecule has 0 aliphatic rings. The van der Waals surface area contributed by atoms with Crippen molar-refractivity contribution in [3.05, 3.63) is 70.9 Å². The fourth-order valence-electron chi connectivity index (χ4n) is 3.42. The number of nitriles is 1. The minimum Gasteiger partial charge on any atom is -0.332 e. The van der Waals surface area contributed by atoms with E-state index in [4.69, 9.17) is 21.8 Å². The Morgan fingerprint density at radius 3 is 2.76 bits per heavy atom. The van der Waals surface area contributed by atoms with Crippen LogP contribution in [0.4, 0.5) is 0 Å². The summed E-state index contributed by atoms with van der Waals surface area (Å²) in [6, 6.07) is 12.1. The molecule has 0 spiro atoms. The predicted octanol–water partition coefficient (Wildman–Crippen LogP) is 4.32. The highest BCUT2D eigenvalue weighted by Gasteiger charge is 2.13. The molecule has 4 aromatic rings. The molecule has 0 amide bonds. The summed E-state index contributed by atoms with van der Waals surface area (Å²) in [5, 5.41) is 18.8. The Bertz CT molecular complexity index is 1190. The molecule has 0 fully saturated rings. The molecule has 1 aromatic carbocycles. The summed E-state index contributed by atoms with van der Waals surface area (Å²) in [5.41, 5.74) is 5.70. The van der Waals surface area contributed by atoms with Crippen LogP contribution in [-0.4, -0.2) is 24.7 Å². The lowest BCUT2D eigenvalue weighted by Gasteiger charge is -2.12. The topological polar surface area (TPSA) is 80.3 Å². The normalized spacial score (nSPS) is 10.9. The minimum atomic E-state index is 0.431. The predicted molar refractivity (Wildman–Crippen MR) is 112 cm³/mol. The van der Waals surface area contributed by atoms with E-state index in [9.17, 15) is 0 Å². The lowest BCUT2D eigenvalue weighted by molar-refractivity contribution is 0.861. The van der Waals surface area contributed by atoms with Gasteiger partial charge in [0.05, 0.1) is 41.2 Å². The highest BCUT2D eigenvalue weighted by Crippen LogP contribution is 2.30. The van der Waals surface area contributed by atoms with Crippen molar-refractivity contribution >= 4 is 22.5 Å². The Morgan fingerprint density at radius 1 is 1.14 bits per heavy atom. The van der Waals surface area contributed by atoms with Gasteiger partial charge in [-0.05, 0) is 60.7 Å². The number of pyridine rings is 1. The average Bonchev–Trinajstić information content (AvgIpc) is 3.17. The Hall–Kier alpha value is -3.30. The smallest absolute Gasteiger partial charge is 0.0948 e. The van der Waals surface area contributed by atoms with Gasteiger partial charge < -0.3 is 4.57 Å². The van der Waals surface area contributed by atoms with E-state index in [2.05, 4.69) is 33.4 Å².